The molecule has 1 aromatic rings. The molecule has 1 aliphatic rings. The van der Waals surface area contributed by atoms with Gasteiger partial charge in [0.1, 0.15) is 5.75 Å². The Morgan fingerprint density at radius 1 is 1.53 bits per heavy atom. The Hall–Kier alpha value is -1.22. The van der Waals surface area contributed by atoms with Crippen molar-refractivity contribution in [1.29, 1.82) is 0 Å². The molecular formula is C12H18N2O. The van der Waals surface area contributed by atoms with Gasteiger partial charge in [-0.25, -0.2) is 0 Å². The smallest absolute Gasteiger partial charge is 0.119 e. The van der Waals surface area contributed by atoms with Crippen molar-refractivity contribution >= 4 is 5.69 Å². The van der Waals surface area contributed by atoms with Crippen LogP contribution in [-0.4, -0.2) is 26.2 Å². The molecule has 1 atom stereocenters. The monoisotopic (exact) mass is 206 g/mol. The first-order valence-electron chi connectivity index (χ1n) is 5.43. The summed E-state index contributed by atoms with van der Waals surface area (Å²) in [6.07, 6.45) is 1.04. The van der Waals surface area contributed by atoms with Crippen LogP contribution in [0.15, 0.2) is 18.2 Å². The molecule has 2 rings (SSSR count). The number of rotatable bonds is 3. The second kappa shape index (κ2) is 4.11. The molecule has 1 aromatic carbocycles. The van der Waals surface area contributed by atoms with Crippen LogP contribution >= 0.6 is 0 Å². The largest absolute Gasteiger partial charge is 0.497 e. The lowest BCUT2D eigenvalue weighted by molar-refractivity contribution is 0.414. The predicted octanol–water partition coefficient (Wildman–Crippen LogP) is 1.40. The van der Waals surface area contributed by atoms with Crippen LogP contribution in [0.5, 0.6) is 5.75 Å². The molecule has 0 aliphatic carbocycles. The van der Waals surface area contributed by atoms with Crippen molar-refractivity contribution in [3.63, 3.8) is 0 Å². The van der Waals surface area contributed by atoms with Gasteiger partial charge in [0.05, 0.1) is 7.11 Å². The van der Waals surface area contributed by atoms with Crippen LogP contribution in [0.4, 0.5) is 5.69 Å². The van der Waals surface area contributed by atoms with Crippen LogP contribution in [-0.2, 0) is 6.42 Å². The van der Waals surface area contributed by atoms with E-state index in [-0.39, 0.29) is 0 Å². The first-order valence-corrected chi connectivity index (χ1v) is 5.43. The minimum absolute atomic E-state index is 0.456. The molecule has 0 amide bonds. The average molecular weight is 206 g/mol. The fourth-order valence-corrected chi connectivity index (χ4v) is 2.33. The summed E-state index contributed by atoms with van der Waals surface area (Å²) >= 11 is 0. The maximum atomic E-state index is 5.78. The standard InChI is InChI=1S/C12H18N2O/c1-3-14-10(8-13)6-9-7-11(15-2)4-5-12(9)14/h4-5,7,10H,3,6,8,13H2,1-2H3. The molecule has 1 heterocycles. The fourth-order valence-electron chi connectivity index (χ4n) is 2.33. The second-order valence-electron chi connectivity index (χ2n) is 3.87. The summed E-state index contributed by atoms with van der Waals surface area (Å²) in [6, 6.07) is 6.72. The highest BCUT2D eigenvalue weighted by atomic mass is 16.5. The Labute approximate surface area is 90.8 Å². The Balaban J connectivity index is 2.34. The highest BCUT2D eigenvalue weighted by molar-refractivity contribution is 5.61. The van der Waals surface area contributed by atoms with Gasteiger partial charge in [0.25, 0.3) is 0 Å². The maximum Gasteiger partial charge on any atom is 0.119 e. The molecule has 0 spiro atoms. The zero-order valence-corrected chi connectivity index (χ0v) is 9.36. The molecule has 0 radical (unpaired) electrons. The summed E-state index contributed by atoms with van der Waals surface area (Å²) in [6.45, 7) is 3.90. The van der Waals surface area contributed by atoms with Crippen LogP contribution in [0.1, 0.15) is 12.5 Å². The van der Waals surface area contributed by atoms with Crippen molar-refractivity contribution in [2.24, 2.45) is 5.73 Å². The molecule has 0 aromatic heterocycles. The fraction of sp³-hybridized carbons (Fsp3) is 0.500. The number of nitrogens with zero attached hydrogens (tertiary/aromatic N) is 1. The van der Waals surface area contributed by atoms with Crippen LogP contribution in [0.2, 0.25) is 0 Å². The van der Waals surface area contributed by atoms with Gasteiger partial charge in [0, 0.05) is 24.8 Å². The first-order chi connectivity index (χ1) is 7.30. The quantitative estimate of drug-likeness (QED) is 0.812. The van der Waals surface area contributed by atoms with Crippen LogP contribution < -0.4 is 15.4 Å². The number of nitrogens with two attached hydrogens (primary N) is 1. The van der Waals surface area contributed by atoms with Gasteiger partial charge in [-0.3, -0.25) is 0 Å². The highest BCUT2D eigenvalue weighted by Crippen LogP contribution is 2.34. The van der Waals surface area contributed by atoms with Crippen molar-refractivity contribution in [2.45, 2.75) is 19.4 Å². The number of likely N-dealkylation sites (N-methyl/N-ethyl adjacent to an activating group) is 1. The Kier molecular flexibility index (Phi) is 2.82. The van der Waals surface area contributed by atoms with Gasteiger partial charge in [-0.15, -0.1) is 0 Å². The predicted molar refractivity (Wildman–Crippen MR) is 62.6 cm³/mol. The second-order valence-corrected chi connectivity index (χ2v) is 3.87. The Morgan fingerprint density at radius 2 is 2.33 bits per heavy atom. The molecule has 15 heavy (non-hydrogen) atoms. The van der Waals surface area contributed by atoms with Crippen LogP contribution in [0.25, 0.3) is 0 Å². The van der Waals surface area contributed by atoms with Crippen molar-refractivity contribution in [2.75, 3.05) is 25.1 Å². The number of benzene rings is 1. The molecule has 0 saturated heterocycles. The SMILES string of the molecule is CCN1c2ccc(OC)cc2CC1CN. The lowest BCUT2D eigenvalue weighted by atomic mass is 10.1. The Morgan fingerprint density at radius 3 is 2.93 bits per heavy atom. The molecule has 82 valence electrons. The van der Waals surface area contributed by atoms with E-state index in [1.165, 1.54) is 11.3 Å². The normalized spacial score (nSPS) is 19.1. The molecule has 3 heteroatoms. The van der Waals surface area contributed by atoms with E-state index in [1.807, 2.05) is 6.07 Å². The van der Waals surface area contributed by atoms with Gasteiger partial charge in [-0.2, -0.15) is 0 Å². The van der Waals surface area contributed by atoms with Crippen molar-refractivity contribution < 1.29 is 4.74 Å². The lowest BCUT2D eigenvalue weighted by Gasteiger charge is -2.24. The number of fused-ring (bicyclic) bond motifs is 1. The van der Waals surface area contributed by atoms with E-state index in [0.29, 0.717) is 12.6 Å². The number of hydrogen-bond donors (Lipinski definition) is 1. The van der Waals surface area contributed by atoms with Gasteiger partial charge in [0.15, 0.2) is 0 Å². The van der Waals surface area contributed by atoms with Gasteiger partial charge in [0.2, 0.25) is 0 Å². The molecular weight excluding hydrogens is 188 g/mol. The van der Waals surface area contributed by atoms with Crippen molar-refractivity contribution in [1.82, 2.24) is 0 Å². The number of anilines is 1. The number of ether oxygens (including phenoxy) is 1. The van der Waals surface area contributed by atoms with E-state index in [1.54, 1.807) is 7.11 Å². The molecule has 2 N–H and O–H groups in total. The maximum absolute atomic E-state index is 5.78. The zero-order chi connectivity index (χ0) is 10.8. The van der Waals surface area contributed by atoms with Gasteiger partial charge in [-0.1, -0.05) is 0 Å². The zero-order valence-electron chi connectivity index (χ0n) is 9.36. The van der Waals surface area contributed by atoms with E-state index < -0.39 is 0 Å². The van der Waals surface area contributed by atoms with Gasteiger partial charge in [-0.05, 0) is 37.1 Å². The molecule has 0 bridgehead atoms. The summed E-state index contributed by atoms with van der Waals surface area (Å²) in [7, 11) is 1.70. The third-order valence-electron chi connectivity index (χ3n) is 3.11. The third-order valence-corrected chi connectivity index (χ3v) is 3.11. The van der Waals surface area contributed by atoms with E-state index >= 15 is 0 Å². The van der Waals surface area contributed by atoms with Crippen molar-refractivity contribution in [3.8, 4) is 5.75 Å². The lowest BCUT2D eigenvalue weighted by Crippen LogP contribution is -2.37. The Bertz CT molecular complexity index is 351. The highest BCUT2D eigenvalue weighted by Gasteiger charge is 2.26. The van der Waals surface area contributed by atoms with E-state index in [4.69, 9.17) is 10.5 Å². The topological polar surface area (TPSA) is 38.5 Å². The summed E-state index contributed by atoms with van der Waals surface area (Å²) in [5.74, 6) is 0.933. The molecule has 0 fully saturated rings. The summed E-state index contributed by atoms with van der Waals surface area (Å²) < 4.78 is 5.23. The average Bonchev–Trinajstić information content (AvgIpc) is 2.65. The number of methoxy groups -OCH3 is 1. The molecule has 1 aliphatic heterocycles. The number of hydrogen-bond acceptors (Lipinski definition) is 3. The minimum Gasteiger partial charge on any atom is -0.497 e. The summed E-state index contributed by atoms with van der Waals surface area (Å²) in [4.78, 5) is 2.37. The van der Waals surface area contributed by atoms with Crippen LogP contribution in [0.3, 0.4) is 0 Å². The molecule has 0 saturated carbocycles. The summed E-state index contributed by atoms with van der Waals surface area (Å²) in [5, 5.41) is 0. The molecule has 3 nitrogen and oxygen atoms in total. The summed E-state index contributed by atoms with van der Waals surface area (Å²) in [5.41, 5.74) is 8.44. The van der Waals surface area contributed by atoms with E-state index in [9.17, 15) is 0 Å². The third kappa shape index (κ3) is 1.67. The van der Waals surface area contributed by atoms with Gasteiger partial charge >= 0.3 is 0 Å². The van der Waals surface area contributed by atoms with Crippen LogP contribution in [0, 0.1) is 0 Å². The van der Waals surface area contributed by atoms with E-state index in [0.717, 1.165) is 18.7 Å². The van der Waals surface area contributed by atoms with E-state index in [2.05, 4.69) is 24.0 Å². The first kappa shape index (κ1) is 10.3. The minimum atomic E-state index is 0.456. The van der Waals surface area contributed by atoms with Crippen molar-refractivity contribution in [3.05, 3.63) is 23.8 Å². The van der Waals surface area contributed by atoms with Gasteiger partial charge < -0.3 is 15.4 Å². The molecule has 1 unspecified atom stereocenters.